The Bertz CT molecular complexity index is 965. The molecular formula is C19H20N4O3S. The monoisotopic (exact) mass is 384 g/mol. The Morgan fingerprint density at radius 3 is 2.59 bits per heavy atom. The summed E-state index contributed by atoms with van der Waals surface area (Å²) in [5.74, 6) is 0.656. The molecule has 0 radical (unpaired) electrons. The molecule has 7 nitrogen and oxygen atoms in total. The molecule has 0 saturated carbocycles. The fourth-order valence-electron chi connectivity index (χ4n) is 2.34. The molecule has 0 unspecified atom stereocenters. The number of benzene rings is 1. The minimum absolute atomic E-state index is 0.0518. The first-order valence-corrected chi connectivity index (χ1v) is 9.36. The summed E-state index contributed by atoms with van der Waals surface area (Å²) in [4.78, 5) is 33.0. The number of amides is 3. The lowest BCUT2D eigenvalue weighted by atomic mass is 10.1. The molecule has 8 heteroatoms. The Kier molecular flexibility index (Phi) is 5.46. The van der Waals surface area contributed by atoms with Crippen LogP contribution in [0, 0.1) is 0 Å². The number of carbonyl (C=O) groups excluding carboxylic acids is 2. The number of carbonyl (C=O) groups is 2. The van der Waals surface area contributed by atoms with Crippen LogP contribution in [0.2, 0.25) is 0 Å². The van der Waals surface area contributed by atoms with E-state index >= 15 is 0 Å². The summed E-state index contributed by atoms with van der Waals surface area (Å²) in [6, 6.07) is 10.6. The summed E-state index contributed by atoms with van der Waals surface area (Å²) in [6.07, 6.45) is 1.56. The highest BCUT2D eigenvalue weighted by molar-refractivity contribution is 8.00. The molecule has 0 aliphatic rings. The maximum absolute atomic E-state index is 12.1. The van der Waals surface area contributed by atoms with Gasteiger partial charge in [-0.05, 0) is 39.0 Å². The van der Waals surface area contributed by atoms with E-state index in [4.69, 9.17) is 4.42 Å². The number of hydrogen-bond acceptors (Lipinski definition) is 6. The Morgan fingerprint density at radius 1 is 1.11 bits per heavy atom. The number of hydrogen-bond donors (Lipinski definition) is 2. The number of thioether (sulfide) groups is 1. The predicted octanol–water partition coefficient (Wildman–Crippen LogP) is 3.61. The molecule has 0 aliphatic carbocycles. The first-order chi connectivity index (χ1) is 12.8. The molecule has 27 heavy (non-hydrogen) atoms. The Balaban J connectivity index is 1.76. The van der Waals surface area contributed by atoms with Gasteiger partial charge in [0.2, 0.25) is 5.91 Å². The average molecular weight is 384 g/mol. The van der Waals surface area contributed by atoms with Gasteiger partial charge in [0.25, 0.3) is 0 Å². The van der Waals surface area contributed by atoms with E-state index in [2.05, 4.69) is 20.6 Å². The van der Waals surface area contributed by atoms with Gasteiger partial charge in [-0.3, -0.25) is 10.1 Å². The number of aromatic nitrogens is 2. The molecule has 2 heterocycles. The van der Waals surface area contributed by atoms with Gasteiger partial charge in [0.1, 0.15) is 5.03 Å². The lowest BCUT2D eigenvalue weighted by Crippen LogP contribution is -2.48. The van der Waals surface area contributed by atoms with Crippen molar-refractivity contribution in [3.05, 3.63) is 42.7 Å². The third-order valence-corrected chi connectivity index (χ3v) is 4.38. The van der Waals surface area contributed by atoms with Gasteiger partial charge < -0.3 is 9.73 Å². The van der Waals surface area contributed by atoms with Crippen molar-refractivity contribution in [3.8, 4) is 11.6 Å². The van der Waals surface area contributed by atoms with E-state index in [9.17, 15) is 9.59 Å². The number of furan rings is 1. The number of rotatable bonds is 4. The van der Waals surface area contributed by atoms with Crippen molar-refractivity contribution in [3.63, 3.8) is 0 Å². The molecule has 140 valence electrons. The van der Waals surface area contributed by atoms with E-state index in [0.717, 1.165) is 10.9 Å². The zero-order chi connectivity index (χ0) is 19.4. The van der Waals surface area contributed by atoms with Crippen LogP contribution in [0.4, 0.5) is 4.79 Å². The van der Waals surface area contributed by atoms with Gasteiger partial charge in [-0.25, -0.2) is 14.8 Å². The number of fused-ring (bicyclic) bond motifs is 1. The van der Waals surface area contributed by atoms with Gasteiger partial charge in [-0.1, -0.05) is 30.0 Å². The molecule has 0 spiro atoms. The van der Waals surface area contributed by atoms with Gasteiger partial charge in [-0.15, -0.1) is 0 Å². The first kappa shape index (κ1) is 18.9. The molecule has 3 aromatic rings. The van der Waals surface area contributed by atoms with E-state index in [1.165, 1.54) is 11.8 Å². The standard InChI is InChI=1S/C19H20N4O3S/c1-19(2,3)23-18(25)21-15(24)11-27-17-12-7-4-5-8-13(12)20-16(22-17)14-9-6-10-26-14/h4-10H,11H2,1-3H3,(H2,21,23,24,25). The number of para-hydroxylation sites is 1. The van der Waals surface area contributed by atoms with Crippen LogP contribution in [0.3, 0.4) is 0 Å². The smallest absolute Gasteiger partial charge is 0.321 e. The molecular weight excluding hydrogens is 364 g/mol. The minimum atomic E-state index is -0.517. The lowest BCUT2D eigenvalue weighted by Gasteiger charge is -2.20. The van der Waals surface area contributed by atoms with E-state index in [1.54, 1.807) is 18.4 Å². The van der Waals surface area contributed by atoms with Crippen LogP contribution >= 0.6 is 11.8 Å². The van der Waals surface area contributed by atoms with Crippen molar-refractivity contribution in [2.45, 2.75) is 31.3 Å². The van der Waals surface area contributed by atoms with Crippen LogP contribution < -0.4 is 10.6 Å². The van der Waals surface area contributed by atoms with Crippen molar-refractivity contribution in [1.82, 2.24) is 20.6 Å². The van der Waals surface area contributed by atoms with Crippen LogP contribution in [0.5, 0.6) is 0 Å². The molecule has 0 bridgehead atoms. The van der Waals surface area contributed by atoms with E-state index in [1.807, 2.05) is 45.0 Å². The molecule has 2 aromatic heterocycles. The van der Waals surface area contributed by atoms with E-state index in [0.29, 0.717) is 16.6 Å². The molecule has 0 saturated heterocycles. The van der Waals surface area contributed by atoms with E-state index in [-0.39, 0.29) is 5.75 Å². The Labute approximate surface area is 161 Å². The van der Waals surface area contributed by atoms with Crippen molar-refractivity contribution >= 4 is 34.6 Å². The van der Waals surface area contributed by atoms with Gasteiger partial charge >= 0.3 is 6.03 Å². The van der Waals surface area contributed by atoms with Gasteiger partial charge in [0, 0.05) is 10.9 Å². The summed E-state index contributed by atoms with van der Waals surface area (Å²) < 4.78 is 5.38. The second kappa shape index (κ2) is 7.79. The van der Waals surface area contributed by atoms with Gasteiger partial charge in [0.15, 0.2) is 11.6 Å². The number of urea groups is 1. The minimum Gasteiger partial charge on any atom is -0.461 e. The highest BCUT2D eigenvalue weighted by Crippen LogP contribution is 2.28. The largest absolute Gasteiger partial charge is 0.461 e. The van der Waals surface area contributed by atoms with Crippen LogP contribution in [-0.4, -0.2) is 33.2 Å². The molecule has 2 N–H and O–H groups in total. The predicted molar refractivity (Wildman–Crippen MR) is 104 cm³/mol. The van der Waals surface area contributed by atoms with Crippen molar-refractivity contribution in [2.75, 3.05) is 5.75 Å². The maximum Gasteiger partial charge on any atom is 0.321 e. The summed E-state index contributed by atoms with van der Waals surface area (Å²) in [6.45, 7) is 5.53. The lowest BCUT2D eigenvalue weighted by molar-refractivity contribution is -0.117. The van der Waals surface area contributed by atoms with Crippen LogP contribution in [-0.2, 0) is 4.79 Å². The Hall–Kier alpha value is -2.87. The topological polar surface area (TPSA) is 97.1 Å². The van der Waals surface area contributed by atoms with Crippen LogP contribution in [0.1, 0.15) is 20.8 Å². The number of nitrogens with one attached hydrogen (secondary N) is 2. The van der Waals surface area contributed by atoms with Crippen molar-refractivity contribution in [1.29, 1.82) is 0 Å². The van der Waals surface area contributed by atoms with Gasteiger partial charge in [0.05, 0.1) is 17.5 Å². The molecule has 1 aromatic carbocycles. The fraction of sp³-hybridized carbons (Fsp3) is 0.263. The van der Waals surface area contributed by atoms with Crippen LogP contribution in [0.25, 0.3) is 22.5 Å². The molecule has 0 fully saturated rings. The second-order valence-corrected chi connectivity index (χ2v) is 7.85. The summed E-state index contributed by atoms with van der Waals surface area (Å²) >= 11 is 1.24. The molecule has 3 rings (SSSR count). The Morgan fingerprint density at radius 2 is 1.89 bits per heavy atom. The highest BCUT2D eigenvalue weighted by Gasteiger charge is 2.17. The number of nitrogens with zero attached hydrogens (tertiary/aromatic N) is 2. The normalized spacial score (nSPS) is 11.4. The fourth-order valence-corrected chi connectivity index (χ4v) is 3.16. The van der Waals surface area contributed by atoms with E-state index < -0.39 is 17.5 Å². The summed E-state index contributed by atoms with van der Waals surface area (Å²) in [7, 11) is 0. The second-order valence-electron chi connectivity index (χ2n) is 6.89. The molecule has 0 atom stereocenters. The summed E-state index contributed by atoms with van der Waals surface area (Å²) in [5.41, 5.74) is 0.338. The maximum atomic E-state index is 12.1. The van der Waals surface area contributed by atoms with Crippen molar-refractivity contribution in [2.24, 2.45) is 0 Å². The zero-order valence-electron chi connectivity index (χ0n) is 15.3. The highest BCUT2D eigenvalue weighted by atomic mass is 32.2. The number of imide groups is 1. The SMILES string of the molecule is CC(C)(C)NC(=O)NC(=O)CSc1nc(-c2ccco2)nc2ccccc12. The quantitative estimate of drug-likeness (QED) is 0.527. The van der Waals surface area contributed by atoms with Crippen LogP contribution in [0.15, 0.2) is 52.1 Å². The molecule has 0 aliphatic heterocycles. The third-order valence-electron chi connectivity index (χ3n) is 3.39. The third kappa shape index (κ3) is 5.07. The van der Waals surface area contributed by atoms with Crippen molar-refractivity contribution < 1.29 is 14.0 Å². The summed E-state index contributed by atoms with van der Waals surface area (Å²) in [5, 5.41) is 6.50. The first-order valence-electron chi connectivity index (χ1n) is 8.37. The zero-order valence-corrected chi connectivity index (χ0v) is 16.1. The molecule has 3 amide bonds. The van der Waals surface area contributed by atoms with Gasteiger partial charge in [-0.2, -0.15) is 0 Å². The average Bonchev–Trinajstić information content (AvgIpc) is 3.12.